The quantitative estimate of drug-likeness (QED) is 0.855. The van der Waals surface area contributed by atoms with Crippen LogP contribution in [0.3, 0.4) is 0 Å². The second kappa shape index (κ2) is 8.29. The molecule has 0 aliphatic carbocycles. The first-order valence-electron chi connectivity index (χ1n) is 7.53. The van der Waals surface area contributed by atoms with Crippen LogP contribution in [0.1, 0.15) is 11.1 Å². The number of halogens is 2. The zero-order chi connectivity index (χ0) is 17.5. The molecule has 0 radical (unpaired) electrons. The SMILES string of the molecule is Cc1ccc(NC(=O)N(C)Cc2ccccc2)cc1OCC(F)F. The second-order valence-corrected chi connectivity index (χ2v) is 5.45. The summed E-state index contributed by atoms with van der Waals surface area (Å²) < 4.78 is 29.6. The minimum Gasteiger partial charge on any atom is -0.487 e. The van der Waals surface area contributed by atoms with Crippen molar-refractivity contribution in [3.63, 3.8) is 0 Å². The maximum atomic E-state index is 12.3. The molecule has 1 N–H and O–H groups in total. The van der Waals surface area contributed by atoms with Crippen LogP contribution in [0.5, 0.6) is 5.75 Å². The minimum atomic E-state index is -2.54. The Bertz CT molecular complexity index is 678. The van der Waals surface area contributed by atoms with Crippen LogP contribution in [0.2, 0.25) is 0 Å². The van der Waals surface area contributed by atoms with E-state index in [-0.39, 0.29) is 6.03 Å². The summed E-state index contributed by atoms with van der Waals surface area (Å²) in [6.45, 7) is 1.55. The van der Waals surface area contributed by atoms with E-state index in [0.29, 0.717) is 18.0 Å². The number of alkyl halides is 2. The normalized spacial score (nSPS) is 10.5. The predicted octanol–water partition coefficient (Wildman–Crippen LogP) is 4.30. The number of urea groups is 1. The lowest BCUT2D eigenvalue weighted by atomic mass is 10.2. The van der Waals surface area contributed by atoms with Gasteiger partial charge >= 0.3 is 6.03 Å². The van der Waals surface area contributed by atoms with Crippen molar-refractivity contribution in [3.05, 3.63) is 59.7 Å². The van der Waals surface area contributed by atoms with Crippen LogP contribution in [0.25, 0.3) is 0 Å². The Kier molecular flexibility index (Phi) is 6.12. The Morgan fingerprint density at radius 3 is 2.58 bits per heavy atom. The second-order valence-electron chi connectivity index (χ2n) is 5.45. The third kappa shape index (κ3) is 5.22. The molecule has 0 bridgehead atoms. The Morgan fingerprint density at radius 1 is 1.21 bits per heavy atom. The standard InChI is InChI=1S/C18H20F2N2O2/c1-13-8-9-15(10-16(13)24-12-17(19)20)21-18(23)22(2)11-14-6-4-3-5-7-14/h3-10,17H,11-12H2,1-2H3,(H,21,23). The van der Waals surface area contributed by atoms with Crippen molar-refractivity contribution in [1.82, 2.24) is 4.90 Å². The van der Waals surface area contributed by atoms with Crippen molar-refractivity contribution >= 4 is 11.7 Å². The molecule has 24 heavy (non-hydrogen) atoms. The van der Waals surface area contributed by atoms with Crippen molar-refractivity contribution in [1.29, 1.82) is 0 Å². The molecule has 2 aromatic carbocycles. The number of benzene rings is 2. The maximum absolute atomic E-state index is 12.3. The first kappa shape index (κ1) is 17.7. The topological polar surface area (TPSA) is 41.6 Å². The fourth-order valence-electron chi connectivity index (χ4n) is 2.13. The van der Waals surface area contributed by atoms with E-state index >= 15 is 0 Å². The van der Waals surface area contributed by atoms with E-state index in [2.05, 4.69) is 5.32 Å². The van der Waals surface area contributed by atoms with E-state index in [4.69, 9.17) is 4.74 Å². The molecule has 6 heteroatoms. The number of hydrogen-bond acceptors (Lipinski definition) is 2. The van der Waals surface area contributed by atoms with Gasteiger partial charge in [0, 0.05) is 25.3 Å². The average molecular weight is 334 g/mol. The number of aryl methyl sites for hydroxylation is 1. The zero-order valence-corrected chi connectivity index (χ0v) is 13.6. The number of carbonyl (C=O) groups is 1. The van der Waals surface area contributed by atoms with Gasteiger partial charge < -0.3 is 15.0 Å². The van der Waals surface area contributed by atoms with E-state index in [0.717, 1.165) is 11.1 Å². The summed E-state index contributed by atoms with van der Waals surface area (Å²) in [5.41, 5.74) is 2.24. The summed E-state index contributed by atoms with van der Waals surface area (Å²) in [7, 11) is 1.69. The lowest BCUT2D eigenvalue weighted by Gasteiger charge is -2.19. The van der Waals surface area contributed by atoms with Gasteiger partial charge in [-0.25, -0.2) is 13.6 Å². The molecular weight excluding hydrogens is 314 g/mol. The number of rotatable bonds is 6. The molecule has 0 aromatic heterocycles. The Labute approximate surface area is 140 Å². The molecule has 0 unspecified atom stereocenters. The average Bonchev–Trinajstić information content (AvgIpc) is 2.56. The molecule has 2 amide bonds. The first-order valence-corrected chi connectivity index (χ1v) is 7.53. The van der Waals surface area contributed by atoms with Crippen LogP contribution in [-0.2, 0) is 6.54 Å². The number of nitrogens with zero attached hydrogens (tertiary/aromatic N) is 1. The molecule has 0 saturated carbocycles. The van der Waals surface area contributed by atoms with Crippen molar-refractivity contribution < 1.29 is 18.3 Å². The summed E-state index contributed by atoms with van der Waals surface area (Å²) in [6.07, 6.45) is -2.54. The molecule has 2 rings (SSSR count). The predicted molar refractivity (Wildman–Crippen MR) is 89.6 cm³/mol. The highest BCUT2D eigenvalue weighted by atomic mass is 19.3. The van der Waals surface area contributed by atoms with Gasteiger partial charge in [0.05, 0.1) is 0 Å². The van der Waals surface area contributed by atoms with Crippen molar-refractivity contribution in [3.8, 4) is 5.75 Å². The van der Waals surface area contributed by atoms with Gasteiger partial charge in [-0.15, -0.1) is 0 Å². The summed E-state index contributed by atoms with van der Waals surface area (Å²) in [4.78, 5) is 13.8. The monoisotopic (exact) mass is 334 g/mol. The molecule has 0 aliphatic heterocycles. The fourth-order valence-corrected chi connectivity index (χ4v) is 2.13. The number of ether oxygens (including phenoxy) is 1. The largest absolute Gasteiger partial charge is 0.487 e. The van der Waals surface area contributed by atoms with Gasteiger partial charge in [0.1, 0.15) is 12.4 Å². The van der Waals surface area contributed by atoms with Gasteiger partial charge in [-0.1, -0.05) is 36.4 Å². The Balaban J connectivity index is 1.99. The molecule has 0 spiro atoms. The van der Waals surface area contributed by atoms with Gasteiger partial charge in [-0.2, -0.15) is 0 Å². The van der Waals surface area contributed by atoms with Gasteiger partial charge in [-0.3, -0.25) is 0 Å². The number of hydrogen-bond donors (Lipinski definition) is 1. The van der Waals surface area contributed by atoms with Gasteiger partial charge in [0.2, 0.25) is 0 Å². The van der Waals surface area contributed by atoms with Gasteiger partial charge in [0.15, 0.2) is 0 Å². The highest BCUT2D eigenvalue weighted by Crippen LogP contribution is 2.23. The molecule has 0 fully saturated rings. The van der Waals surface area contributed by atoms with E-state index in [1.807, 2.05) is 30.3 Å². The number of nitrogens with one attached hydrogen (secondary N) is 1. The summed E-state index contributed by atoms with van der Waals surface area (Å²) in [6, 6.07) is 14.3. The summed E-state index contributed by atoms with van der Waals surface area (Å²) in [5, 5.41) is 2.74. The molecule has 0 heterocycles. The molecule has 2 aromatic rings. The highest BCUT2D eigenvalue weighted by molar-refractivity contribution is 5.89. The Hall–Kier alpha value is -2.63. The zero-order valence-electron chi connectivity index (χ0n) is 13.6. The van der Waals surface area contributed by atoms with E-state index < -0.39 is 13.0 Å². The third-order valence-corrected chi connectivity index (χ3v) is 3.41. The first-order chi connectivity index (χ1) is 11.5. The molecule has 0 saturated heterocycles. The van der Waals surface area contributed by atoms with Gasteiger partial charge in [0.25, 0.3) is 6.43 Å². The van der Waals surface area contributed by atoms with Crippen LogP contribution in [0.15, 0.2) is 48.5 Å². The van der Waals surface area contributed by atoms with Crippen LogP contribution in [-0.4, -0.2) is 31.0 Å². The number of amides is 2. The van der Waals surface area contributed by atoms with Crippen molar-refractivity contribution in [2.75, 3.05) is 19.0 Å². The highest BCUT2D eigenvalue weighted by Gasteiger charge is 2.11. The van der Waals surface area contributed by atoms with Crippen LogP contribution in [0.4, 0.5) is 19.3 Å². The Morgan fingerprint density at radius 2 is 1.92 bits per heavy atom. The van der Waals surface area contributed by atoms with E-state index in [1.54, 1.807) is 32.2 Å². The third-order valence-electron chi connectivity index (χ3n) is 3.41. The summed E-state index contributed by atoms with van der Waals surface area (Å²) >= 11 is 0. The minimum absolute atomic E-state index is 0.289. The van der Waals surface area contributed by atoms with Crippen molar-refractivity contribution in [2.45, 2.75) is 19.9 Å². The number of carbonyl (C=O) groups excluding carboxylic acids is 1. The van der Waals surface area contributed by atoms with Crippen LogP contribution >= 0.6 is 0 Å². The van der Waals surface area contributed by atoms with Crippen molar-refractivity contribution in [2.24, 2.45) is 0 Å². The smallest absolute Gasteiger partial charge is 0.321 e. The lowest BCUT2D eigenvalue weighted by molar-refractivity contribution is 0.0816. The van der Waals surface area contributed by atoms with Crippen LogP contribution in [0, 0.1) is 6.92 Å². The molecule has 0 atom stereocenters. The molecular formula is C18H20F2N2O2. The van der Waals surface area contributed by atoms with E-state index in [9.17, 15) is 13.6 Å². The van der Waals surface area contributed by atoms with Crippen LogP contribution < -0.4 is 10.1 Å². The molecule has 128 valence electrons. The van der Waals surface area contributed by atoms with E-state index in [1.165, 1.54) is 4.90 Å². The molecule has 4 nitrogen and oxygen atoms in total. The fraction of sp³-hybridized carbons (Fsp3) is 0.278. The lowest BCUT2D eigenvalue weighted by Crippen LogP contribution is -2.30. The summed E-state index contributed by atoms with van der Waals surface area (Å²) in [5.74, 6) is 0.332. The molecule has 0 aliphatic rings. The maximum Gasteiger partial charge on any atom is 0.321 e. The number of anilines is 1. The van der Waals surface area contributed by atoms with Gasteiger partial charge in [-0.05, 0) is 24.1 Å².